The van der Waals surface area contributed by atoms with Crippen LogP contribution in [0, 0.1) is 0 Å². The topological polar surface area (TPSA) is 102 Å². The highest BCUT2D eigenvalue weighted by atomic mass is 16.5. The van der Waals surface area contributed by atoms with Crippen molar-refractivity contribution in [1.82, 2.24) is 4.90 Å². The Bertz CT molecular complexity index is 1150. The maximum Gasteiger partial charge on any atom is 0.295 e. The zero-order valence-corrected chi connectivity index (χ0v) is 21.7. The number of rotatable bonds is 9. The molecule has 9 nitrogen and oxygen atoms in total. The number of carbonyl (C=O) groups is 2. The molecule has 2 aliphatic rings. The summed E-state index contributed by atoms with van der Waals surface area (Å²) in [5, 5.41) is 13.8. The van der Waals surface area contributed by atoms with Crippen LogP contribution in [0.5, 0.6) is 17.2 Å². The third kappa shape index (κ3) is 5.73. The standard InChI is InChI=1S/C28H34N2O7/c1-18(2)37-20-7-5-19(6-8-20)26(31)24-25(22-17-21(34-3)9-10-23(22)35-4)30(28(33)27(24)32)12-11-29-13-15-36-16-14-29/h5-10,17-18,25,31H,11-16H2,1-4H3. The van der Waals surface area contributed by atoms with Gasteiger partial charge < -0.3 is 33.9 Å². The smallest absolute Gasteiger partial charge is 0.295 e. The Morgan fingerprint density at radius 2 is 1.73 bits per heavy atom. The molecule has 2 aromatic carbocycles. The fourth-order valence-electron chi connectivity index (χ4n) is 4.78. The highest BCUT2D eigenvalue weighted by molar-refractivity contribution is 6.46. The van der Waals surface area contributed by atoms with Crippen LogP contribution in [0.2, 0.25) is 0 Å². The molecule has 0 bridgehead atoms. The maximum atomic E-state index is 13.8. The number of nitrogens with zero attached hydrogens (tertiary/aromatic N) is 1. The van der Waals surface area contributed by atoms with Crippen molar-refractivity contribution in [2.45, 2.75) is 26.0 Å². The molecule has 37 heavy (non-hydrogen) atoms. The van der Waals surface area contributed by atoms with Gasteiger partial charge in [0.15, 0.2) is 0 Å². The second kappa shape index (κ2) is 11.7. The van der Waals surface area contributed by atoms with Gasteiger partial charge in [0.25, 0.3) is 5.91 Å². The Hall–Kier alpha value is -3.56. The van der Waals surface area contributed by atoms with Crippen molar-refractivity contribution < 1.29 is 38.5 Å². The number of morpholine rings is 1. The number of hydrogen-bond donors (Lipinski definition) is 1. The van der Waals surface area contributed by atoms with Crippen LogP contribution >= 0.6 is 0 Å². The van der Waals surface area contributed by atoms with Gasteiger partial charge in [-0.05, 0) is 49.7 Å². The Balaban J connectivity index is 1.78. The monoisotopic (exact) mass is 510 g/mol. The molecule has 4 rings (SSSR count). The molecule has 2 saturated heterocycles. The lowest BCUT2D eigenvalue weighted by molar-refractivity contribution is -0.907. The van der Waals surface area contributed by atoms with E-state index in [0.29, 0.717) is 54.7 Å². The van der Waals surface area contributed by atoms with Gasteiger partial charge in [-0.15, -0.1) is 0 Å². The number of ether oxygens (including phenoxy) is 4. The molecule has 1 N–H and O–H groups in total. The average molecular weight is 511 g/mol. The molecule has 0 aliphatic carbocycles. The molecule has 9 heteroatoms. The first-order valence-electron chi connectivity index (χ1n) is 12.5. The molecule has 0 radical (unpaired) electrons. The van der Waals surface area contributed by atoms with Gasteiger partial charge >= 0.3 is 0 Å². The summed E-state index contributed by atoms with van der Waals surface area (Å²) in [7, 11) is 3.05. The van der Waals surface area contributed by atoms with Crippen molar-refractivity contribution in [1.29, 1.82) is 0 Å². The van der Waals surface area contributed by atoms with Crippen LogP contribution in [0.1, 0.15) is 31.0 Å². The van der Waals surface area contributed by atoms with E-state index in [9.17, 15) is 14.7 Å². The van der Waals surface area contributed by atoms with Gasteiger partial charge in [0.1, 0.15) is 30.3 Å². The number of benzene rings is 2. The first kappa shape index (κ1) is 26.5. The number of nitrogens with one attached hydrogen (secondary N) is 1. The van der Waals surface area contributed by atoms with Crippen LogP contribution in [0.3, 0.4) is 0 Å². The van der Waals surface area contributed by atoms with Crippen LogP contribution in [0.15, 0.2) is 48.0 Å². The van der Waals surface area contributed by atoms with Gasteiger partial charge in [0.2, 0.25) is 5.78 Å². The third-order valence-electron chi connectivity index (χ3n) is 6.66. The Kier molecular flexibility index (Phi) is 8.35. The summed E-state index contributed by atoms with van der Waals surface area (Å²) in [6.45, 7) is 7.72. The fraction of sp³-hybridized carbons (Fsp3) is 0.429. The van der Waals surface area contributed by atoms with Gasteiger partial charge in [-0.1, -0.05) is 17.9 Å². The van der Waals surface area contributed by atoms with E-state index in [0.717, 1.165) is 13.1 Å². The van der Waals surface area contributed by atoms with E-state index in [4.69, 9.17) is 18.9 Å². The van der Waals surface area contributed by atoms with Crippen LogP contribution in [-0.4, -0.2) is 76.3 Å². The summed E-state index contributed by atoms with van der Waals surface area (Å²) in [6.07, 6.45) is -0.0166. The number of likely N-dealkylation sites (tertiary alicyclic amines) is 1. The van der Waals surface area contributed by atoms with Gasteiger partial charge in [0, 0.05) is 11.1 Å². The lowest BCUT2D eigenvalue weighted by atomic mass is 9.94. The van der Waals surface area contributed by atoms with E-state index in [2.05, 4.69) is 0 Å². The number of quaternary nitrogens is 1. The van der Waals surface area contributed by atoms with Crippen LogP contribution < -0.4 is 24.2 Å². The molecule has 0 spiro atoms. The van der Waals surface area contributed by atoms with Crippen molar-refractivity contribution in [2.75, 3.05) is 53.6 Å². The molecule has 2 aliphatic heterocycles. The van der Waals surface area contributed by atoms with Crippen LogP contribution in [0.25, 0.3) is 5.76 Å². The number of amides is 1. The highest BCUT2D eigenvalue weighted by Gasteiger charge is 2.45. The zero-order chi connectivity index (χ0) is 26.5. The van der Waals surface area contributed by atoms with E-state index in [-0.39, 0.29) is 11.7 Å². The van der Waals surface area contributed by atoms with Crippen molar-refractivity contribution in [3.05, 3.63) is 59.2 Å². The Morgan fingerprint density at radius 3 is 2.35 bits per heavy atom. The lowest BCUT2D eigenvalue weighted by Gasteiger charge is -2.31. The van der Waals surface area contributed by atoms with Gasteiger partial charge in [0.05, 0.1) is 52.7 Å². The highest BCUT2D eigenvalue weighted by Crippen LogP contribution is 2.43. The minimum absolute atomic E-state index is 0.0166. The Morgan fingerprint density at radius 1 is 1.05 bits per heavy atom. The summed E-state index contributed by atoms with van der Waals surface area (Å²) < 4.78 is 22.1. The van der Waals surface area contributed by atoms with E-state index < -0.39 is 23.5 Å². The molecule has 1 amide bonds. The summed E-state index contributed by atoms with van der Waals surface area (Å²) in [6, 6.07) is 10.9. The zero-order valence-electron chi connectivity index (χ0n) is 21.7. The van der Waals surface area contributed by atoms with Crippen LogP contribution in [0.4, 0.5) is 0 Å². The number of methoxy groups -OCH3 is 2. The molecule has 1 unspecified atom stereocenters. The summed E-state index contributed by atoms with van der Waals surface area (Å²) >= 11 is 0. The van der Waals surface area contributed by atoms with Gasteiger partial charge in [-0.25, -0.2) is 0 Å². The largest absolute Gasteiger partial charge is 0.872 e. The minimum atomic E-state index is -0.899. The number of hydrogen-bond acceptors (Lipinski definition) is 7. The molecule has 198 valence electrons. The molecule has 0 aromatic heterocycles. The molecule has 2 heterocycles. The van der Waals surface area contributed by atoms with Gasteiger partial charge in [-0.2, -0.15) is 0 Å². The summed E-state index contributed by atoms with van der Waals surface area (Å²) in [4.78, 5) is 29.4. The normalized spacial score (nSPS) is 19.9. The molecular weight excluding hydrogens is 476 g/mol. The second-order valence-electron chi connectivity index (χ2n) is 9.38. The lowest BCUT2D eigenvalue weighted by Crippen LogP contribution is -3.14. The van der Waals surface area contributed by atoms with E-state index in [1.807, 2.05) is 13.8 Å². The number of carbonyl (C=O) groups excluding carboxylic acids is 2. The summed E-state index contributed by atoms with van der Waals surface area (Å²) in [5.74, 6) is -0.367. The summed E-state index contributed by atoms with van der Waals surface area (Å²) in [5.41, 5.74) is 0.743. The van der Waals surface area contributed by atoms with Crippen molar-refractivity contribution in [2.24, 2.45) is 0 Å². The maximum absolute atomic E-state index is 13.8. The first-order chi connectivity index (χ1) is 17.8. The molecule has 2 fully saturated rings. The molecule has 2 aromatic rings. The van der Waals surface area contributed by atoms with Crippen molar-refractivity contribution >= 4 is 17.4 Å². The second-order valence-corrected chi connectivity index (χ2v) is 9.38. The third-order valence-corrected chi connectivity index (χ3v) is 6.66. The quantitative estimate of drug-likeness (QED) is 0.300. The SMILES string of the molecule is COc1ccc(OC)c(C2C(=C([O-])c3ccc(OC(C)C)cc3)C(=O)C(=O)N2CC[NH+]2CCOCC2)c1. The minimum Gasteiger partial charge on any atom is -0.872 e. The Labute approximate surface area is 217 Å². The predicted octanol–water partition coefficient (Wildman–Crippen LogP) is 0.630. The molecule has 0 saturated carbocycles. The molecule has 1 atom stereocenters. The fourth-order valence-corrected chi connectivity index (χ4v) is 4.78. The van der Waals surface area contributed by atoms with E-state index >= 15 is 0 Å². The van der Waals surface area contributed by atoms with Crippen molar-refractivity contribution in [3.63, 3.8) is 0 Å². The van der Waals surface area contributed by atoms with E-state index in [1.165, 1.54) is 24.0 Å². The van der Waals surface area contributed by atoms with E-state index in [1.54, 1.807) is 42.5 Å². The average Bonchev–Trinajstić information content (AvgIpc) is 3.16. The van der Waals surface area contributed by atoms with Crippen LogP contribution in [-0.2, 0) is 14.3 Å². The number of Topliss-reactive ketones (excluding diaryl/α,β-unsaturated/α-hetero) is 1. The predicted molar refractivity (Wildman–Crippen MR) is 135 cm³/mol. The molecular formula is C28H34N2O7. The first-order valence-corrected chi connectivity index (χ1v) is 12.5. The van der Waals surface area contributed by atoms with Gasteiger partial charge in [-0.3, -0.25) is 9.59 Å². The van der Waals surface area contributed by atoms with Crippen molar-refractivity contribution in [3.8, 4) is 17.2 Å². The number of ketones is 1.